The lowest BCUT2D eigenvalue weighted by atomic mass is 10.3. The van der Waals surface area contributed by atoms with Crippen LogP contribution in [0.4, 0.5) is 0 Å². The smallest absolute Gasteiger partial charge is 0.161 e. The van der Waals surface area contributed by atoms with Crippen LogP contribution in [0.3, 0.4) is 0 Å². The van der Waals surface area contributed by atoms with Gasteiger partial charge in [0.1, 0.15) is 5.01 Å². The van der Waals surface area contributed by atoms with Gasteiger partial charge in [0.2, 0.25) is 0 Å². The third-order valence-electron chi connectivity index (χ3n) is 1.73. The molecule has 0 aliphatic carbocycles. The number of hydrogen-bond donors (Lipinski definition) is 0. The Kier molecular flexibility index (Phi) is 2.24. The largest absolute Gasteiger partial charge is 0.297 e. The molecular weight excluding hydrogens is 202 g/mol. The first-order valence-electron chi connectivity index (χ1n) is 3.76. The van der Waals surface area contributed by atoms with E-state index in [2.05, 4.69) is 11.9 Å². The van der Waals surface area contributed by atoms with Gasteiger partial charge in [0.05, 0.1) is 4.88 Å². The molecule has 0 bridgehead atoms. The molecule has 2 nitrogen and oxygen atoms in total. The average molecular weight is 209 g/mol. The molecule has 2 heterocycles. The van der Waals surface area contributed by atoms with Crippen molar-refractivity contribution in [2.45, 2.75) is 6.92 Å². The van der Waals surface area contributed by atoms with E-state index >= 15 is 0 Å². The number of thiophene rings is 1. The van der Waals surface area contributed by atoms with E-state index in [1.807, 2.05) is 11.4 Å². The van der Waals surface area contributed by atoms with Crippen molar-refractivity contribution in [3.05, 3.63) is 27.4 Å². The summed E-state index contributed by atoms with van der Waals surface area (Å²) in [5, 5.41) is 2.97. The van der Waals surface area contributed by atoms with Gasteiger partial charge in [-0.3, -0.25) is 4.79 Å². The number of nitrogens with zero attached hydrogens (tertiary/aromatic N) is 1. The predicted molar refractivity (Wildman–Crippen MR) is 55.6 cm³/mol. The molecule has 2 aromatic rings. The SMILES string of the molecule is Cc1sccc1-c1ncc(C=O)s1. The van der Waals surface area contributed by atoms with Crippen LogP contribution in [0.15, 0.2) is 17.6 Å². The zero-order valence-electron chi connectivity index (χ0n) is 6.98. The zero-order valence-corrected chi connectivity index (χ0v) is 8.61. The summed E-state index contributed by atoms with van der Waals surface area (Å²) in [6.07, 6.45) is 2.45. The maximum absolute atomic E-state index is 10.4. The summed E-state index contributed by atoms with van der Waals surface area (Å²) in [6, 6.07) is 2.04. The maximum Gasteiger partial charge on any atom is 0.161 e. The predicted octanol–water partition coefficient (Wildman–Crippen LogP) is 2.99. The Morgan fingerprint density at radius 1 is 1.54 bits per heavy atom. The van der Waals surface area contributed by atoms with E-state index in [0.717, 1.165) is 16.9 Å². The Bertz CT molecular complexity index is 430. The highest BCUT2D eigenvalue weighted by molar-refractivity contribution is 7.17. The second-order valence-corrected chi connectivity index (χ2v) is 4.76. The van der Waals surface area contributed by atoms with Crippen LogP contribution in [-0.2, 0) is 0 Å². The van der Waals surface area contributed by atoms with Crippen molar-refractivity contribution in [3.63, 3.8) is 0 Å². The monoisotopic (exact) mass is 209 g/mol. The van der Waals surface area contributed by atoms with Gasteiger partial charge >= 0.3 is 0 Å². The Hall–Kier alpha value is -1.00. The van der Waals surface area contributed by atoms with Crippen LogP contribution in [0.5, 0.6) is 0 Å². The molecule has 2 aromatic heterocycles. The summed E-state index contributed by atoms with van der Waals surface area (Å²) < 4.78 is 0. The highest BCUT2D eigenvalue weighted by Crippen LogP contribution is 2.30. The fraction of sp³-hybridized carbons (Fsp3) is 0.111. The number of carbonyl (C=O) groups is 1. The van der Waals surface area contributed by atoms with E-state index in [9.17, 15) is 4.79 Å². The molecule has 0 N–H and O–H groups in total. The second-order valence-electron chi connectivity index (χ2n) is 2.58. The molecule has 0 radical (unpaired) electrons. The first kappa shape index (κ1) is 8.59. The van der Waals surface area contributed by atoms with Crippen LogP contribution in [0.25, 0.3) is 10.6 Å². The summed E-state index contributed by atoms with van der Waals surface area (Å²) in [6.45, 7) is 2.06. The Labute approximate surface area is 83.9 Å². The molecule has 0 fully saturated rings. The molecule has 0 aliphatic heterocycles. The van der Waals surface area contributed by atoms with Crippen LogP contribution in [0, 0.1) is 6.92 Å². The van der Waals surface area contributed by atoms with Crippen molar-refractivity contribution < 1.29 is 4.79 Å². The van der Waals surface area contributed by atoms with Gasteiger partial charge in [0.25, 0.3) is 0 Å². The molecule has 66 valence electrons. The summed E-state index contributed by atoms with van der Waals surface area (Å²) >= 11 is 3.13. The van der Waals surface area contributed by atoms with Crippen molar-refractivity contribution >= 4 is 29.0 Å². The van der Waals surface area contributed by atoms with Gasteiger partial charge in [-0.1, -0.05) is 0 Å². The fourth-order valence-electron chi connectivity index (χ4n) is 1.07. The molecule has 0 aliphatic rings. The molecular formula is C9H7NOS2. The fourth-order valence-corrected chi connectivity index (χ4v) is 2.65. The number of aldehydes is 1. The minimum atomic E-state index is 0.681. The van der Waals surface area contributed by atoms with Crippen molar-refractivity contribution in [2.75, 3.05) is 0 Å². The van der Waals surface area contributed by atoms with Crippen molar-refractivity contribution in [1.29, 1.82) is 0 Å². The minimum absolute atomic E-state index is 0.681. The molecule has 0 saturated carbocycles. The van der Waals surface area contributed by atoms with E-state index in [1.165, 1.54) is 16.2 Å². The third-order valence-corrected chi connectivity index (χ3v) is 3.53. The van der Waals surface area contributed by atoms with Crippen LogP contribution in [0.2, 0.25) is 0 Å². The number of aryl methyl sites for hydroxylation is 1. The summed E-state index contributed by atoms with van der Waals surface area (Å²) in [5.74, 6) is 0. The molecule has 0 amide bonds. The van der Waals surface area contributed by atoms with Gasteiger partial charge < -0.3 is 0 Å². The quantitative estimate of drug-likeness (QED) is 0.712. The topological polar surface area (TPSA) is 30.0 Å². The van der Waals surface area contributed by atoms with E-state index in [1.54, 1.807) is 17.5 Å². The van der Waals surface area contributed by atoms with Gasteiger partial charge in [-0.15, -0.1) is 22.7 Å². The van der Waals surface area contributed by atoms with E-state index in [4.69, 9.17) is 0 Å². The normalized spacial score (nSPS) is 10.2. The average Bonchev–Trinajstić information content (AvgIpc) is 2.71. The van der Waals surface area contributed by atoms with Crippen LogP contribution in [-0.4, -0.2) is 11.3 Å². The number of thiazole rings is 1. The summed E-state index contributed by atoms with van der Waals surface area (Å²) in [7, 11) is 0. The second kappa shape index (κ2) is 3.40. The lowest BCUT2D eigenvalue weighted by Gasteiger charge is -1.90. The van der Waals surface area contributed by atoms with Crippen LogP contribution >= 0.6 is 22.7 Å². The third kappa shape index (κ3) is 1.55. The first-order chi connectivity index (χ1) is 6.31. The molecule has 0 saturated heterocycles. The highest BCUT2D eigenvalue weighted by atomic mass is 32.1. The van der Waals surface area contributed by atoms with Gasteiger partial charge in [0.15, 0.2) is 6.29 Å². The Balaban J connectivity index is 2.46. The summed E-state index contributed by atoms with van der Waals surface area (Å²) in [4.78, 5) is 16.6. The number of rotatable bonds is 2. The van der Waals surface area contributed by atoms with Gasteiger partial charge in [-0.05, 0) is 18.4 Å². The molecule has 0 atom stereocenters. The lowest BCUT2D eigenvalue weighted by molar-refractivity contribution is 0.112. The van der Waals surface area contributed by atoms with Crippen molar-refractivity contribution in [2.24, 2.45) is 0 Å². The van der Waals surface area contributed by atoms with Crippen molar-refractivity contribution in [3.8, 4) is 10.6 Å². The van der Waals surface area contributed by atoms with Gasteiger partial charge in [-0.2, -0.15) is 0 Å². The first-order valence-corrected chi connectivity index (χ1v) is 5.46. The lowest BCUT2D eigenvalue weighted by Crippen LogP contribution is -1.71. The molecule has 2 rings (SSSR count). The van der Waals surface area contributed by atoms with E-state index in [-0.39, 0.29) is 0 Å². The van der Waals surface area contributed by atoms with Gasteiger partial charge in [0, 0.05) is 16.6 Å². The standard InChI is InChI=1S/C9H7NOS2/c1-6-8(2-3-12-6)9-10-4-7(5-11)13-9/h2-5H,1H3. The molecule has 4 heteroatoms. The number of aromatic nitrogens is 1. The van der Waals surface area contributed by atoms with E-state index in [0.29, 0.717) is 4.88 Å². The molecule has 0 aromatic carbocycles. The summed E-state index contributed by atoms with van der Waals surface area (Å²) in [5.41, 5.74) is 1.14. The minimum Gasteiger partial charge on any atom is -0.297 e. The van der Waals surface area contributed by atoms with Gasteiger partial charge in [-0.25, -0.2) is 4.98 Å². The van der Waals surface area contributed by atoms with E-state index < -0.39 is 0 Å². The zero-order chi connectivity index (χ0) is 9.26. The maximum atomic E-state index is 10.4. The molecule has 0 unspecified atom stereocenters. The number of hydrogen-bond acceptors (Lipinski definition) is 4. The van der Waals surface area contributed by atoms with Crippen LogP contribution < -0.4 is 0 Å². The Morgan fingerprint density at radius 2 is 2.38 bits per heavy atom. The van der Waals surface area contributed by atoms with Crippen molar-refractivity contribution in [1.82, 2.24) is 4.98 Å². The van der Waals surface area contributed by atoms with Crippen LogP contribution in [0.1, 0.15) is 14.5 Å². The molecule has 13 heavy (non-hydrogen) atoms. The molecule has 0 spiro atoms. The Morgan fingerprint density at radius 3 is 2.92 bits per heavy atom. The highest BCUT2D eigenvalue weighted by Gasteiger charge is 2.07. The number of carbonyl (C=O) groups excluding carboxylic acids is 1.